The molecule has 152 valence electrons. The zero-order chi connectivity index (χ0) is 20.7. The second-order valence-electron chi connectivity index (χ2n) is 7.10. The zero-order valence-electron chi connectivity index (χ0n) is 17.4. The number of aromatic amines is 1. The molecular weight excluding hydrogens is 355 g/mol. The molecule has 5 nitrogen and oxygen atoms in total. The quantitative estimate of drug-likeness (QED) is 0.436. The predicted molar refractivity (Wildman–Crippen MR) is 113 cm³/mol. The van der Waals surface area contributed by atoms with Gasteiger partial charge in [-0.25, -0.2) is 4.39 Å². The van der Waals surface area contributed by atoms with Crippen LogP contribution in [0.1, 0.15) is 65.5 Å². The minimum Gasteiger partial charge on any atom is -0.309 e. The fourth-order valence-electron chi connectivity index (χ4n) is 2.84. The third-order valence-electron chi connectivity index (χ3n) is 4.89. The number of nitrogens with zero attached hydrogens (tertiary/aromatic N) is 2. The second kappa shape index (κ2) is 10.2. The Balaban J connectivity index is 2.07. The molecule has 1 aliphatic carbocycles. The molecule has 0 radical (unpaired) electrons. The Morgan fingerprint density at radius 1 is 1.36 bits per heavy atom. The lowest BCUT2D eigenvalue weighted by Crippen LogP contribution is -2.22. The van der Waals surface area contributed by atoms with E-state index < -0.39 is 12.1 Å². The molecule has 1 aromatic rings. The maximum Gasteiger partial charge on any atom is 0.234 e. The van der Waals surface area contributed by atoms with Gasteiger partial charge in [0.1, 0.15) is 6.17 Å². The summed E-state index contributed by atoms with van der Waals surface area (Å²) in [5, 5.41) is 10.0. The Hall–Kier alpha value is -2.50. The number of hydrogen-bond donors (Lipinski definition) is 2. The first kappa shape index (κ1) is 21.8. The Morgan fingerprint density at radius 3 is 2.61 bits per heavy atom. The van der Waals surface area contributed by atoms with E-state index in [9.17, 15) is 9.18 Å². The van der Waals surface area contributed by atoms with E-state index in [1.54, 1.807) is 12.2 Å². The van der Waals surface area contributed by atoms with Crippen molar-refractivity contribution in [2.45, 2.75) is 66.0 Å². The highest BCUT2D eigenvalue weighted by atomic mass is 19.1. The molecule has 2 N–H and O–H groups in total. The monoisotopic (exact) mass is 386 g/mol. The van der Waals surface area contributed by atoms with E-state index in [0.29, 0.717) is 29.4 Å². The Labute approximate surface area is 166 Å². The van der Waals surface area contributed by atoms with Gasteiger partial charge >= 0.3 is 0 Å². The summed E-state index contributed by atoms with van der Waals surface area (Å²) in [5.41, 5.74) is 3.15. The molecule has 0 spiro atoms. The number of H-pyrrole nitrogens is 1. The van der Waals surface area contributed by atoms with Gasteiger partial charge in [-0.3, -0.25) is 14.9 Å². The standard InChI is InChI=1S/C22H31FN4O/c1-6-16(15(5)23)11-12-18(7-2)24-19(8-3)14(4)22(28)25-21-13-20(26-27-21)17-9-10-17/h6,8,11-15,17H,7,9-10H2,1-5H3,(H2,25,26,27,28)/b12-11-,16-6+,19-8-,24-18-. The molecule has 1 fully saturated rings. The first-order valence-corrected chi connectivity index (χ1v) is 9.97. The lowest BCUT2D eigenvalue weighted by atomic mass is 10.1. The normalized spacial score (nSPS) is 18.4. The smallest absolute Gasteiger partial charge is 0.234 e. The van der Waals surface area contributed by atoms with Crippen molar-refractivity contribution in [3.63, 3.8) is 0 Å². The van der Waals surface area contributed by atoms with Crippen molar-refractivity contribution < 1.29 is 9.18 Å². The number of alkyl halides is 1. The van der Waals surface area contributed by atoms with Crippen molar-refractivity contribution in [3.05, 3.63) is 47.3 Å². The highest BCUT2D eigenvalue weighted by Gasteiger charge is 2.26. The molecule has 1 amide bonds. The molecule has 0 aliphatic heterocycles. The summed E-state index contributed by atoms with van der Waals surface area (Å²) in [6.45, 7) is 8.99. The molecule has 1 aromatic heterocycles. The van der Waals surface area contributed by atoms with Crippen LogP contribution in [-0.2, 0) is 4.79 Å². The Morgan fingerprint density at radius 2 is 2.07 bits per heavy atom. The van der Waals surface area contributed by atoms with Crippen molar-refractivity contribution in [2.75, 3.05) is 5.32 Å². The zero-order valence-corrected chi connectivity index (χ0v) is 17.4. The van der Waals surface area contributed by atoms with Crippen LogP contribution >= 0.6 is 0 Å². The summed E-state index contributed by atoms with van der Waals surface area (Å²) < 4.78 is 13.5. The number of carbonyl (C=O) groups excluding carboxylic acids is 1. The summed E-state index contributed by atoms with van der Waals surface area (Å²) in [6, 6.07) is 1.90. The average molecular weight is 387 g/mol. The van der Waals surface area contributed by atoms with Crippen molar-refractivity contribution in [3.8, 4) is 0 Å². The molecule has 1 aliphatic rings. The third kappa shape index (κ3) is 6.01. The Bertz CT molecular complexity index is 797. The van der Waals surface area contributed by atoms with Crippen molar-refractivity contribution in [1.29, 1.82) is 0 Å². The highest BCUT2D eigenvalue weighted by Crippen LogP contribution is 2.39. The van der Waals surface area contributed by atoms with Gasteiger partial charge in [-0.2, -0.15) is 5.10 Å². The number of aromatic nitrogens is 2. The van der Waals surface area contributed by atoms with E-state index in [0.717, 1.165) is 11.4 Å². The number of halogens is 1. The van der Waals surface area contributed by atoms with Crippen LogP contribution < -0.4 is 5.32 Å². The summed E-state index contributed by atoms with van der Waals surface area (Å²) in [7, 11) is 0. The molecule has 0 bridgehead atoms. The number of hydrogen-bond acceptors (Lipinski definition) is 3. The minimum absolute atomic E-state index is 0.156. The fourth-order valence-corrected chi connectivity index (χ4v) is 2.84. The second-order valence-corrected chi connectivity index (χ2v) is 7.10. The van der Waals surface area contributed by atoms with Gasteiger partial charge < -0.3 is 5.32 Å². The van der Waals surface area contributed by atoms with E-state index in [2.05, 4.69) is 20.5 Å². The van der Waals surface area contributed by atoms with Crippen LogP contribution in [0.25, 0.3) is 0 Å². The summed E-state index contributed by atoms with van der Waals surface area (Å²) in [5.74, 6) is 0.515. The molecule has 1 saturated carbocycles. The van der Waals surface area contributed by atoms with Crippen LogP contribution in [0.2, 0.25) is 0 Å². The largest absolute Gasteiger partial charge is 0.309 e. The summed E-state index contributed by atoms with van der Waals surface area (Å²) in [6.07, 6.45) is 9.15. The van der Waals surface area contributed by atoms with Gasteiger partial charge in [0.05, 0.1) is 5.92 Å². The molecule has 28 heavy (non-hydrogen) atoms. The van der Waals surface area contributed by atoms with Crippen molar-refractivity contribution in [1.82, 2.24) is 10.2 Å². The van der Waals surface area contributed by atoms with E-state index >= 15 is 0 Å². The van der Waals surface area contributed by atoms with Gasteiger partial charge in [0.25, 0.3) is 0 Å². The average Bonchev–Trinajstić information content (AvgIpc) is 3.43. The van der Waals surface area contributed by atoms with E-state index in [-0.39, 0.29) is 5.91 Å². The van der Waals surface area contributed by atoms with Crippen LogP contribution in [0.5, 0.6) is 0 Å². The van der Waals surface area contributed by atoms with Crippen LogP contribution in [0.15, 0.2) is 46.6 Å². The van der Waals surface area contributed by atoms with Crippen LogP contribution in [0.3, 0.4) is 0 Å². The highest BCUT2D eigenvalue weighted by molar-refractivity contribution is 5.97. The maximum absolute atomic E-state index is 13.5. The van der Waals surface area contributed by atoms with Gasteiger partial charge in [-0.05, 0) is 58.6 Å². The molecule has 2 rings (SSSR count). The molecular formula is C22H31FN4O. The topological polar surface area (TPSA) is 70.1 Å². The molecule has 2 unspecified atom stereocenters. The van der Waals surface area contributed by atoms with Gasteiger partial charge in [0, 0.05) is 29.1 Å². The molecule has 6 heteroatoms. The first-order chi connectivity index (χ1) is 13.4. The maximum atomic E-state index is 13.5. The fraction of sp³-hybridized carbons (Fsp3) is 0.500. The van der Waals surface area contributed by atoms with Gasteiger partial charge in [-0.1, -0.05) is 25.2 Å². The van der Waals surface area contributed by atoms with E-state index in [4.69, 9.17) is 0 Å². The Kier molecular flexibility index (Phi) is 7.91. The van der Waals surface area contributed by atoms with Crippen LogP contribution in [0.4, 0.5) is 10.2 Å². The molecule has 0 saturated heterocycles. The van der Waals surface area contributed by atoms with Crippen LogP contribution in [0, 0.1) is 5.92 Å². The summed E-state index contributed by atoms with van der Waals surface area (Å²) >= 11 is 0. The molecule has 2 atom stereocenters. The number of carbonyl (C=O) groups is 1. The van der Waals surface area contributed by atoms with Crippen molar-refractivity contribution >= 4 is 17.4 Å². The predicted octanol–water partition coefficient (Wildman–Crippen LogP) is 5.48. The van der Waals surface area contributed by atoms with E-state index in [1.807, 2.05) is 45.9 Å². The number of aliphatic imine (C=N–C) groups is 1. The van der Waals surface area contributed by atoms with E-state index in [1.165, 1.54) is 19.8 Å². The number of rotatable bonds is 9. The third-order valence-corrected chi connectivity index (χ3v) is 4.89. The van der Waals surface area contributed by atoms with Gasteiger partial charge in [-0.15, -0.1) is 0 Å². The summed E-state index contributed by atoms with van der Waals surface area (Å²) in [4.78, 5) is 17.3. The first-order valence-electron chi connectivity index (χ1n) is 9.97. The molecule has 0 aromatic carbocycles. The lowest BCUT2D eigenvalue weighted by molar-refractivity contribution is -0.118. The number of amides is 1. The lowest BCUT2D eigenvalue weighted by Gasteiger charge is -2.12. The minimum atomic E-state index is -1.03. The number of allylic oxidation sites excluding steroid dienone is 5. The SMILES string of the molecule is C\C=C(/N=C(\C=C/C(=C\C)C(C)F)CC)C(C)C(=O)Nc1cc(C2CC2)[nH]n1. The van der Waals surface area contributed by atoms with Crippen LogP contribution in [-0.4, -0.2) is 28.0 Å². The van der Waals surface area contributed by atoms with Crippen molar-refractivity contribution in [2.24, 2.45) is 10.9 Å². The number of nitrogens with one attached hydrogen (secondary N) is 2. The number of anilines is 1. The van der Waals surface area contributed by atoms with Gasteiger partial charge in [0.2, 0.25) is 5.91 Å². The van der Waals surface area contributed by atoms with Gasteiger partial charge in [0.15, 0.2) is 5.82 Å². The molecule has 1 heterocycles.